The fourth-order valence-electron chi connectivity index (χ4n) is 2.84. The van der Waals surface area contributed by atoms with Gasteiger partial charge in [0.15, 0.2) is 0 Å². The first-order valence-corrected chi connectivity index (χ1v) is 5.58. The molecule has 1 aliphatic carbocycles. The molecule has 0 unspecified atom stereocenters. The minimum Gasteiger partial charge on any atom is -0.330 e. The number of hydrogen-bond acceptors (Lipinski definition) is 4. The maximum atomic E-state index is 5.93. The van der Waals surface area contributed by atoms with Crippen LogP contribution >= 0.6 is 12.4 Å². The van der Waals surface area contributed by atoms with Crippen LogP contribution in [-0.2, 0) is 6.42 Å². The Balaban J connectivity index is 0.00000128. The fraction of sp³-hybridized carbons (Fsp3) is 0.900. The molecule has 1 fully saturated rings. The zero-order valence-corrected chi connectivity index (χ0v) is 10.6. The second-order valence-electron chi connectivity index (χ2n) is 5.09. The van der Waals surface area contributed by atoms with Crippen molar-refractivity contribution in [2.24, 2.45) is 23.0 Å². The molecule has 0 aromatic carbocycles. The van der Waals surface area contributed by atoms with Gasteiger partial charge >= 0.3 is 0 Å². The van der Waals surface area contributed by atoms with E-state index in [4.69, 9.17) is 5.73 Å². The highest BCUT2D eigenvalue weighted by molar-refractivity contribution is 5.85. The fourth-order valence-corrected chi connectivity index (χ4v) is 2.84. The van der Waals surface area contributed by atoms with E-state index in [1.165, 1.54) is 12.8 Å². The van der Waals surface area contributed by atoms with Gasteiger partial charge < -0.3 is 5.73 Å². The third-order valence-corrected chi connectivity index (χ3v) is 3.85. The largest absolute Gasteiger partial charge is 0.330 e. The van der Waals surface area contributed by atoms with E-state index in [0.29, 0.717) is 0 Å². The molecule has 0 radical (unpaired) electrons. The summed E-state index contributed by atoms with van der Waals surface area (Å²) < 4.78 is 0. The maximum absolute atomic E-state index is 5.93. The van der Waals surface area contributed by atoms with Crippen molar-refractivity contribution in [3.8, 4) is 0 Å². The number of nitrogens with zero attached hydrogens (tertiary/aromatic N) is 3. The Morgan fingerprint density at radius 3 is 2.44 bits per heavy atom. The standard InChI is InChI=1S/C10H19N5.ClH/c1-7-3-10(6-11,4-8(7)2)5-9-12-14-15-13-9;/h7-8H,3-6,11H2,1-2H3,(H,12,13,14,15);1H/t7-,8-;/m0./s1. The number of aromatic nitrogens is 4. The molecule has 5 nitrogen and oxygen atoms in total. The molecule has 3 N–H and O–H groups in total. The highest BCUT2D eigenvalue weighted by atomic mass is 35.5. The number of H-pyrrole nitrogens is 1. The van der Waals surface area contributed by atoms with Gasteiger partial charge in [0.05, 0.1) is 0 Å². The van der Waals surface area contributed by atoms with Crippen molar-refractivity contribution in [1.29, 1.82) is 0 Å². The third-order valence-electron chi connectivity index (χ3n) is 3.85. The highest BCUT2D eigenvalue weighted by Crippen LogP contribution is 2.46. The van der Waals surface area contributed by atoms with Gasteiger partial charge in [0.1, 0.15) is 5.82 Å². The molecule has 0 spiro atoms. The summed E-state index contributed by atoms with van der Waals surface area (Å²) in [4.78, 5) is 0. The van der Waals surface area contributed by atoms with Crippen LogP contribution in [0.5, 0.6) is 0 Å². The Morgan fingerprint density at radius 1 is 1.38 bits per heavy atom. The summed E-state index contributed by atoms with van der Waals surface area (Å²) in [6, 6.07) is 0. The minimum absolute atomic E-state index is 0. The minimum atomic E-state index is 0. The molecule has 2 rings (SSSR count). The highest BCUT2D eigenvalue weighted by Gasteiger charge is 2.41. The van der Waals surface area contributed by atoms with E-state index < -0.39 is 0 Å². The second-order valence-corrected chi connectivity index (χ2v) is 5.09. The molecule has 0 bridgehead atoms. The number of nitrogens with one attached hydrogen (secondary N) is 1. The zero-order chi connectivity index (χ0) is 10.9. The maximum Gasteiger partial charge on any atom is 0.149 e. The van der Waals surface area contributed by atoms with E-state index in [1.807, 2.05) is 0 Å². The van der Waals surface area contributed by atoms with Gasteiger partial charge in [-0.15, -0.1) is 17.5 Å². The van der Waals surface area contributed by atoms with Gasteiger partial charge in [-0.3, -0.25) is 0 Å². The summed E-state index contributed by atoms with van der Waals surface area (Å²) in [6.45, 7) is 5.34. The number of rotatable bonds is 3. The van der Waals surface area contributed by atoms with Crippen LogP contribution in [0.25, 0.3) is 0 Å². The van der Waals surface area contributed by atoms with Gasteiger partial charge in [0.25, 0.3) is 0 Å². The molecule has 1 aliphatic rings. The molecule has 0 amide bonds. The molecule has 2 atom stereocenters. The number of nitrogens with two attached hydrogens (primary N) is 1. The van der Waals surface area contributed by atoms with Crippen LogP contribution in [0.1, 0.15) is 32.5 Å². The monoisotopic (exact) mass is 245 g/mol. The molecule has 1 heterocycles. The van der Waals surface area contributed by atoms with Gasteiger partial charge in [-0.2, -0.15) is 0 Å². The zero-order valence-electron chi connectivity index (χ0n) is 9.81. The summed E-state index contributed by atoms with van der Waals surface area (Å²) in [5, 5.41) is 14.0. The molecule has 1 aromatic rings. The van der Waals surface area contributed by atoms with E-state index in [2.05, 4.69) is 34.5 Å². The van der Waals surface area contributed by atoms with Crippen molar-refractivity contribution in [3.05, 3.63) is 5.82 Å². The van der Waals surface area contributed by atoms with Crippen LogP contribution in [0.2, 0.25) is 0 Å². The molecule has 0 saturated heterocycles. The first kappa shape index (κ1) is 13.4. The number of aromatic amines is 1. The van der Waals surface area contributed by atoms with Gasteiger partial charge in [-0.1, -0.05) is 13.8 Å². The molecule has 16 heavy (non-hydrogen) atoms. The average Bonchev–Trinajstić information content (AvgIpc) is 2.78. The van der Waals surface area contributed by atoms with E-state index in [1.54, 1.807) is 0 Å². The third kappa shape index (κ3) is 2.52. The molecule has 1 saturated carbocycles. The summed E-state index contributed by atoms with van der Waals surface area (Å²) >= 11 is 0. The van der Waals surface area contributed by atoms with E-state index in [9.17, 15) is 0 Å². The van der Waals surface area contributed by atoms with E-state index >= 15 is 0 Å². The van der Waals surface area contributed by atoms with Crippen LogP contribution < -0.4 is 5.73 Å². The molecule has 1 aromatic heterocycles. The molecule has 0 aliphatic heterocycles. The smallest absolute Gasteiger partial charge is 0.149 e. The van der Waals surface area contributed by atoms with Crippen molar-refractivity contribution in [2.75, 3.05) is 6.54 Å². The predicted molar refractivity (Wildman–Crippen MR) is 64.2 cm³/mol. The van der Waals surface area contributed by atoms with Crippen molar-refractivity contribution < 1.29 is 0 Å². The van der Waals surface area contributed by atoms with Crippen LogP contribution in [-0.4, -0.2) is 27.2 Å². The lowest BCUT2D eigenvalue weighted by molar-refractivity contribution is 0.285. The van der Waals surface area contributed by atoms with Gasteiger partial charge in [-0.25, -0.2) is 5.10 Å². The lowest BCUT2D eigenvalue weighted by atomic mass is 9.81. The Hall–Kier alpha value is -0.680. The van der Waals surface area contributed by atoms with Gasteiger partial charge in [0.2, 0.25) is 0 Å². The molecule has 92 valence electrons. The predicted octanol–water partition coefficient (Wildman–Crippen LogP) is 1.18. The van der Waals surface area contributed by atoms with Crippen molar-refractivity contribution >= 4 is 12.4 Å². The van der Waals surface area contributed by atoms with Gasteiger partial charge in [-0.05, 0) is 47.1 Å². The van der Waals surface area contributed by atoms with E-state index in [-0.39, 0.29) is 17.8 Å². The second kappa shape index (κ2) is 5.10. The number of tetrazole rings is 1. The lowest BCUT2D eigenvalue weighted by Crippen LogP contribution is -2.31. The lowest BCUT2D eigenvalue weighted by Gasteiger charge is -2.26. The summed E-state index contributed by atoms with van der Waals surface area (Å²) in [7, 11) is 0. The Kier molecular flexibility index (Phi) is 4.27. The summed E-state index contributed by atoms with van der Waals surface area (Å²) in [6.07, 6.45) is 3.25. The van der Waals surface area contributed by atoms with Crippen LogP contribution in [0.4, 0.5) is 0 Å². The first-order chi connectivity index (χ1) is 7.15. The van der Waals surface area contributed by atoms with E-state index in [0.717, 1.165) is 30.6 Å². The van der Waals surface area contributed by atoms with Crippen molar-refractivity contribution in [2.45, 2.75) is 33.1 Å². The van der Waals surface area contributed by atoms with Crippen molar-refractivity contribution in [3.63, 3.8) is 0 Å². The number of halogens is 1. The summed E-state index contributed by atoms with van der Waals surface area (Å²) in [5.74, 6) is 2.37. The Bertz CT molecular complexity index is 303. The molecule has 6 heteroatoms. The molecular weight excluding hydrogens is 226 g/mol. The quantitative estimate of drug-likeness (QED) is 0.838. The SMILES string of the molecule is C[C@H]1CC(CN)(Cc2nnn[nH]2)C[C@@H]1C.Cl. The van der Waals surface area contributed by atoms with Crippen LogP contribution in [0.15, 0.2) is 0 Å². The Labute approximate surface area is 102 Å². The first-order valence-electron chi connectivity index (χ1n) is 5.58. The molecular formula is C10H20ClN5. The van der Waals surface area contributed by atoms with Crippen LogP contribution in [0, 0.1) is 17.3 Å². The van der Waals surface area contributed by atoms with Crippen LogP contribution in [0.3, 0.4) is 0 Å². The number of hydrogen-bond donors (Lipinski definition) is 2. The average molecular weight is 246 g/mol. The topological polar surface area (TPSA) is 80.5 Å². The normalized spacial score (nSPS) is 27.7. The summed E-state index contributed by atoms with van der Waals surface area (Å²) in [5.41, 5.74) is 6.14. The van der Waals surface area contributed by atoms with Crippen molar-refractivity contribution in [1.82, 2.24) is 20.6 Å². The van der Waals surface area contributed by atoms with Gasteiger partial charge in [0, 0.05) is 6.42 Å². The Morgan fingerprint density at radius 2 is 2.00 bits per heavy atom.